The number of nitrogens with one attached hydrogen (secondary N) is 2. The molecule has 162 valence electrons. The van der Waals surface area contributed by atoms with Gasteiger partial charge in [0, 0.05) is 49.8 Å². The fraction of sp³-hybridized carbons (Fsp3) is 0.160. The number of hydrogen-bond donors (Lipinski definition) is 2. The first-order valence-electron chi connectivity index (χ1n) is 10.3. The van der Waals surface area contributed by atoms with E-state index in [4.69, 9.17) is 4.98 Å². The van der Waals surface area contributed by atoms with Crippen LogP contribution in [0.1, 0.15) is 21.5 Å². The summed E-state index contributed by atoms with van der Waals surface area (Å²) < 4.78 is 2.01. The number of carbonyl (C=O) groups is 2. The van der Waals surface area contributed by atoms with Crippen LogP contribution in [0, 0.1) is 6.92 Å². The van der Waals surface area contributed by atoms with Crippen LogP contribution >= 0.6 is 0 Å². The normalized spacial score (nSPS) is 10.7. The van der Waals surface area contributed by atoms with E-state index in [0.29, 0.717) is 17.8 Å². The van der Waals surface area contributed by atoms with Crippen molar-refractivity contribution in [1.29, 1.82) is 0 Å². The molecule has 4 aromatic rings. The lowest BCUT2D eigenvalue weighted by molar-refractivity contribution is 0.0963. The van der Waals surface area contributed by atoms with Crippen LogP contribution in [0.25, 0.3) is 16.9 Å². The summed E-state index contributed by atoms with van der Waals surface area (Å²) in [6.45, 7) is 2.47. The first-order chi connectivity index (χ1) is 15.4. The Hall–Kier alpha value is -4.13. The first-order valence-corrected chi connectivity index (χ1v) is 10.3. The third kappa shape index (κ3) is 4.46. The number of carbonyl (C=O) groups excluding carboxylic acids is 2. The van der Waals surface area contributed by atoms with E-state index < -0.39 is 0 Å². The molecule has 0 aliphatic rings. The molecule has 0 radical (unpaired) electrons. The highest BCUT2D eigenvalue weighted by Crippen LogP contribution is 2.22. The first kappa shape index (κ1) is 21.1. The molecule has 0 saturated carbocycles. The molecule has 2 aromatic carbocycles. The van der Waals surface area contributed by atoms with Crippen LogP contribution in [0.5, 0.6) is 0 Å². The summed E-state index contributed by atoms with van der Waals surface area (Å²) in [7, 11) is 3.33. The monoisotopic (exact) mass is 427 g/mol. The van der Waals surface area contributed by atoms with E-state index in [9.17, 15) is 9.59 Å². The summed E-state index contributed by atoms with van der Waals surface area (Å²) in [5.74, 6) is -0.134. The van der Waals surface area contributed by atoms with Gasteiger partial charge in [0.25, 0.3) is 5.91 Å². The molecule has 0 fully saturated rings. The van der Waals surface area contributed by atoms with Gasteiger partial charge in [-0.15, -0.1) is 0 Å². The molecule has 7 heteroatoms. The second kappa shape index (κ2) is 8.93. The van der Waals surface area contributed by atoms with Gasteiger partial charge in [-0.25, -0.2) is 9.78 Å². The molecule has 0 unspecified atom stereocenters. The molecule has 0 aliphatic heterocycles. The minimum absolute atomic E-state index is 0.134. The smallest absolute Gasteiger partial charge is 0.321 e. The number of fused-ring (bicyclic) bond motifs is 1. The van der Waals surface area contributed by atoms with Gasteiger partial charge in [-0.1, -0.05) is 30.3 Å². The zero-order valence-electron chi connectivity index (χ0n) is 18.3. The van der Waals surface area contributed by atoms with Crippen LogP contribution in [-0.2, 0) is 6.54 Å². The number of aryl methyl sites for hydroxylation is 1. The van der Waals surface area contributed by atoms with Crippen LogP contribution in [0.15, 0.2) is 73.1 Å². The number of anilines is 1. The molecule has 4 rings (SSSR count). The molecule has 2 heterocycles. The lowest BCUT2D eigenvalue weighted by Gasteiger charge is -2.18. The van der Waals surface area contributed by atoms with E-state index in [1.54, 1.807) is 31.1 Å². The Labute approximate surface area is 186 Å². The number of pyridine rings is 1. The molecule has 3 amide bonds. The maximum Gasteiger partial charge on any atom is 0.321 e. The van der Waals surface area contributed by atoms with Crippen LogP contribution in [0.4, 0.5) is 10.5 Å². The fourth-order valence-corrected chi connectivity index (χ4v) is 3.49. The Bertz CT molecular complexity index is 1260. The van der Waals surface area contributed by atoms with Crippen LogP contribution in [0.3, 0.4) is 0 Å². The van der Waals surface area contributed by atoms with Crippen molar-refractivity contribution in [3.8, 4) is 11.3 Å². The van der Waals surface area contributed by atoms with Crippen molar-refractivity contribution >= 4 is 23.3 Å². The Morgan fingerprint density at radius 1 is 1.03 bits per heavy atom. The van der Waals surface area contributed by atoms with Gasteiger partial charge in [0.2, 0.25) is 0 Å². The number of benzene rings is 2. The molecule has 0 saturated heterocycles. The number of rotatable bonds is 5. The average Bonchev–Trinajstić information content (AvgIpc) is 3.25. The van der Waals surface area contributed by atoms with Gasteiger partial charge in [0.1, 0.15) is 5.65 Å². The van der Waals surface area contributed by atoms with E-state index >= 15 is 0 Å². The Balaban J connectivity index is 1.39. The lowest BCUT2D eigenvalue weighted by Crippen LogP contribution is -2.30. The van der Waals surface area contributed by atoms with Crippen LogP contribution < -0.4 is 10.6 Å². The van der Waals surface area contributed by atoms with Crippen molar-refractivity contribution in [3.05, 3.63) is 89.7 Å². The van der Waals surface area contributed by atoms with Crippen molar-refractivity contribution in [2.45, 2.75) is 13.5 Å². The third-order valence-electron chi connectivity index (χ3n) is 5.32. The van der Waals surface area contributed by atoms with E-state index in [-0.39, 0.29) is 11.9 Å². The van der Waals surface area contributed by atoms with Crippen molar-refractivity contribution in [2.24, 2.45) is 0 Å². The predicted molar refractivity (Wildman–Crippen MR) is 126 cm³/mol. The number of urea groups is 1. The second-order valence-electron chi connectivity index (χ2n) is 7.69. The van der Waals surface area contributed by atoms with E-state index in [1.165, 1.54) is 0 Å². The molecule has 0 bridgehead atoms. The van der Waals surface area contributed by atoms with E-state index in [0.717, 1.165) is 28.0 Å². The zero-order valence-corrected chi connectivity index (χ0v) is 18.3. The summed E-state index contributed by atoms with van der Waals surface area (Å²) in [6, 6.07) is 18.7. The van der Waals surface area contributed by atoms with Gasteiger partial charge in [0.15, 0.2) is 0 Å². The zero-order chi connectivity index (χ0) is 22.7. The Morgan fingerprint density at radius 3 is 2.41 bits per heavy atom. The second-order valence-corrected chi connectivity index (χ2v) is 7.69. The molecule has 32 heavy (non-hydrogen) atoms. The van der Waals surface area contributed by atoms with Gasteiger partial charge in [-0.05, 0) is 48.4 Å². The van der Waals surface area contributed by atoms with Gasteiger partial charge >= 0.3 is 6.03 Å². The van der Waals surface area contributed by atoms with Gasteiger partial charge in [-0.2, -0.15) is 0 Å². The minimum Gasteiger partial charge on any atom is -0.355 e. The summed E-state index contributed by atoms with van der Waals surface area (Å²) in [4.78, 5) is 30.5. The summed E-state index contributed by atoms with van der Waals surface area (Å²) in [6.07, 6.45) is 3.98. The van der Waals surface area contributed by atoms with E-state index in [2.05, 4.69) is 10.6 Å². The number of hydrogen-bond acceptors (Lipinski definition) is 3. The Morgan fingerprint density at radius 2 is 1.75 bits per heavy atom. The SMILES string of the molecule is CNC(=O)c1ccc(CN(C)C(=O)Nc2ccc(-c3cn4cccc(C)c4n3)cc2)cc1. The van der Waals surface area contributed by atoms with Crippen molar-refractivity contribution < 1.29 is 9.59 Å². The van der Waals surface area contributed by atoms with E-state index in [1.807, 2.05) is 72.2 Å². The molecule has 7 nitrogen and oxygen atoms in total. The van der Waals surface area contributed by atoms with Crippen LogP contribution in [-0.4, -0.2) is 40.3 Å². The maximum atomic E-state index is 12.6. The quantitative estimate of drug-likeness (QED) is 0.498. The topological polar surface area (TPSA) is 78.7 Å². The molecule has 2 aromatic heterocycles. The summed E-state index contributed by atoms with van der Waals surface area (Å²) in [5, 5.41) is 5.50. The number of nitrogens with zero attached hydrogens (tertiary/aromatic N) is 3. The highest BCUT2D eigenvalue weighted by molar-refractivity contribution is 5.94. The van der Waals surface area contributed by atoms with Crippen LogP contribution in [0.2, 0.25) is 0 Å². The Kier molecular flexibility index (Phi) is 5.89. The number of imidazole rings is 1. The third-order valence-corrected chi connectivity index (χ3v) is 5.32. The lowest BCUT2D eigenvalue weighted by atomic mass is 10.1. The largest absolute Gasteiger partial charge is 0.355 e. The van der Waals surface area contributed by atoms with Crippen molar-refractivity contribution in [3.63, 3.8) is 0 Å². The van der Waals surface area contributed by atoms with Gasteiger partial charge < -0.3 is 19.9 Å². The highest BCUT2D eigenvalue weighted by atomic mass is 16.2. The van der Waals surface area contributed by atoms with Gasteiger partial charge in [-0.3, -0.25) is 4.79 Å². The summed E-state index contributed by atoms with van der Waals surface area (Å²) in [5.41, 5.74) is 6.15. The van der Waals surface area contributed by atoms with Crippen molar-refractivity contribution in [1.82, 2.24) is 19.6 Å². The number of amides is 3. The predicted octanol–water partition coefficient (Wildman–Crippen LogP) is 4.33. The highest BCUT2D eigenvalue weighted by Gasteiger charge is 2.11. The minimum atomic E-state index is -0.212. The molecular weight excluding hydrogens is 402 g/mol. The molecule has 0 spiro atoms. The van der Waals surface area contributed by atoms with Gasteiger partial charge in [0.05, 0.1) is 5.69 Å². The number of aromatic nitrogens is 2. The van der Waals surface area contributed by atoms with Crippen molar-refractivity contribution in [2.75, 3.05) is 19.4 Å². The standard InChI is InChI=1S/C25H25N5O2/c1-17-5-4-14-30-16-22(28-23(17)30)19-10-12-21(13-11-19)27-25(32)29(3)15-18-6-8-20(9-7-18)24(31)26-2/h4-14,16H,15H2,1-3H3,(H,26,31)(H,27,32). The average molecular weight is 428 g/mol. The molecule has 2 N–H and O–H groups in total. The molecular formula is C25H25N5O2. The fourth-order valence-electron chi connectivity index (χ4n) is 3.49. The molecule has 0 aliphatic carbocycles. The molecule has 0 atom stereocenters. The summed E-state index contributed by atoms with van der Waals surface area (Å²) >= 11 is 0. The maximum absolute atomic E-state index is 12.6.